The molecule has 118 valence electrons. The van der Waals surface area contributed by atoms with Crippen LogP contribution in [-0.2, 0) is 0 Å². The van der Waals surface area contributed by atoms with Crippen LogP contribution in [0.5, 0.6) is 0 Å². The Balaban J connectivity index is 1.64. The van der Waals surface area contributed by atoms with Crippen LogP contribution in [0.2, 0.25) is 0 Å². The molecular formula is C17H35N3. The number of hydrogen-bond acceptors (Lipinski definition) is 3. The van der Waals surface area contributed by atoms with Gasteiger partial charge in [0.1, 0.15) is 0 Å². The fraction of sp³-hybridized carbons (Fsp3) is 1.00. The molecule has 1 N–H and O–H groups in total. The smallest absolute Gasteiger partial charge is 0.00940 e. The molecule has 2 unspecified atom stereocenters. The second-order valence-corrected chi connectivity index (χ2v) is 7.10. The van der Waals surface area contributed by atoms with Crippen molar-refractivity contribution in [3.05, 3.63) is 0 Å². The van der Waals surface area contributed by atoms with Crippen molar-refractivity contribution in [2.75, 3.05) is 39.8 Å². The van der Waals surface area contributed by atoms with Crippen LogP contribution in [0.25, 0.3) is 0 Å². The third-order valence-electron chi connectivity index (χ3n) is 5.36. The van der Waals surface area contributed by atoms with E-state index < -0.39 is 0 Å². The SMILES string of the molecule is CCCNC1CCN(CCC2CCN(C)CC2)C(C)C1. The lowest BCUT2D eigenvalue weighted by Gasteiger charge is -2.39. The molecule has 2 rings (SSSR count). The second kappa shape index (κ2) is 8.35. The molecule has 2 aliphatic heterocycles. The van der Waals surface area contributed by atoms with Crippen molar-refractivity contribution in [3.8, 4) is 0 Å². The summed E-state index contributed by atoms with van der Waals surface area (Å²) in [6, 6.07) is 1.54. The number of nitrogens with zero attached hydrogens (tertiary/aromatic N) is 2. The Morgan fingerprint density at radius 2 is 1.85 bits per heavy atom. The molecule has 3 nitrogen and oxygen atoms in total. The number of nitrogens with one attached hydrogen (secondary N) is 1. The first-order chi connectivity index (χ1) is 9.69. The summed E-state index contributed by atoms with van der Waals surface area (Å²) in [7, 11) is 2.26. The number of piperidine rings is 2. The maximum Gasteiger partial charge on any atom is 0.00940 e. The van der Waals surface area contributed by atoms with E-state index >= 15 is 0 Å². The van der Waals surface area contributed by atoms with E-state index in [1.54, 1.807) is 0 Å². The minimum absolute atomic E-state index is 0.768. The Labute approximate surface area is 126 Å². The van der Waals surface area contributed by atoms with Gasteiger partial charge in [0.2, 0.25) is 0 Å². The van der Waals surface area contributed by atoms with Crippen molar-refractivity contribution >= 4 is 0 Å². The molecule has 0 saturated carbocycles. The third-order valence-corrected chi connectivity index (χ3v) is 5.36. The van der Waals surface area contributed by atoms with Crippen LogP contribution in [-0.4, -0.2) is 61.7 Å². The van der Waals surface area contributed by atoms with Crippen molar-refractivity contribution in [1.29, 1.82) is 0 Å². The van der Waals surface area contributed by atoms with Gasteiger partial charge in [0.15, 0.2) is 0 Å². The monoisotopic (exact) mass is 281 g/mol. The van der Waals surface area contributed by atoms with Crippen molar-refractivity contribution in [2.45, 2.75) is 64.5 Å². The highest BCUT2D eigenvalue weighted by molar-refractivity contribution is 4.83. The quantitative estimate of drug-likeness (QED) is 0.807. The zero-order valence-electron chi connectivity index (χ0n) is 13.9. The summed E-state index contributed by atoms with van der Waals surface area (Å²) < 4.78 is 0. The molecule has 0 bridgehead atoms. The van der Waals surface area contributed by atoms with Gasteiger partial charge in [-0.25, -0.2) is 0 Å². The van der Waals surface area contributed by atoms with E-state index in [9.17, 15) is 0 Å². The zero-order valence-corrected chi connectivity index (χ0v) is 13.9. The van der Waals surface area contributed by atoms with E-state index in [0.717, 1.165) is 18.0 Å². The average molecular weight is 281 g/mol. The molecule has 0 amide bonds. The standard InChI is InChI=1S/C17H35N3/c1-4-9-18-17-8-13-20(15(2)14-17)12-7-16-5-10-19(3)11-6-16/h15-18H,4-14H2,1-3H3. The van der Waals surface area contributed by atoms with E-state index in [4.69, 9.17) is 0 Å². The van der Waals surface area contributed by atoms with Gasteiger partial charge in [-0.1, -0.05) is 6.92 Å². The second-order valence-electron chi connectivity index (χ2n) is 7.10. The minimum atomic E-state index is 0.768. The zero-order chi connectivity index (χ0) is 14.4. The summed E-state index contributed by atoms with van der Waals surface area (Å²) in [5, 5.41) is 3.70. The molecular weight excluding hydrogens is 246 g/mol. The normalized spacial score (nSPS) is 30.8. The summed E-state index contributed by atoms with van der Waals surface area (Å²) in [6.07, 6.45) is 8.19. The van der Waals surface area contributed by atoms with Gasteiger partial charge >= 0.3 is 0 Å². The van der Waals surface area contributed by atoms with E-state index in [2.05, 4.69) is 36.0 Å². The average Bonchev–Trinajstić information content (AvgIpc) is 2.46. The minimum Gasteiger partial charge on any atom is -0.314 e. The molecule has 0 aliphatic carbocycles. The first-order valence-electron chi connectivity index (χ1n) is 8.85. The largest absolute Gasteiger partial charge is 0.314 e. The van der Waals surface area contributed by atoms with Crippen molar-refractivity contribution < 1.29 is 0 Å². The van der Waals surface area contributed by atoms with E-state index in [1.165, 1.54) is 71.2 Å². The van der Waals surface area contributed by atoms with E-state index in [1.807, 2.05) is 0 Å². The summed E-state index contributed by atoms with van der Waals surface area (Å²) in [6.45, 7) is 11.1. The number of hydrogen-bond donors (Lipinski definition) is 1. The van der Waals surface area contributed by atoms with Gasteiger partial charge in [0.05, 0.1) is 0 Å². The van der Waals surface area contributed by atoms with Crippen molar-refractivity contribution in [3.63, 3.8) is 0 Å². The third kappa shape index (κ3) is 5.01. The van der Waals surface area contributed by atoms with E-state index in [0.29, 0.717) is 0 Å². The fourth-order valence-corrected chi connectivity index (χ4v) is 3.79. The lowest BCUT2D eigenvalue weighted by molar-refractivity contribution is 0.118. The molecule has 20 heavy (non-hydrogen) atoms. The van der Waals surface area contributed by atoms with Crippen LogP contribution in [0.3, 0.4) is 0 Å². The maximum atomic E-state index is 3.70. The molecule has 2 heterocycles. The molecule has 3 heteroatoms. The van der Waals surface area contributed by atoms with Gasteiger partial charge < -0.3 is 15.1 Å². The molecule has 2 aliphatic rings. The summed E-state index contributed by atoms with van der Waals surface area (Å²) >= 11 is 0. The fourth-order valence-electron chi connectivity index (χ4n) is 3.79. The van der Waals surface area contributed by atoms with E-state index in [-0.39, 0.29) is 0 Å². The Morgan fingerprint density at radius 3 is 2.50 bits per heavy atom. The van der Waals surface area contributed by atoms with Crippen LogP contribution in [0.1, 0.15) is 52.4 Å². The van der Waals surface area contributed by atoms with Crippen LogP contribution in [0.4, 0.5) is 0 Å². The summed E-state index contributed by atoms with van der Waals surface area (Å²) in [5.41, 5.74) is 0. The molecule has 2 atom stereocenters. The molecule has 0 radical (unpaired) electrons. The highest BCUT2D eigenvalue weighted by Crippen LogP contribution is 2.23. The lowest BCUT2D eigenvalue weighted by Crippen LogP contribution is -2.48. The molecule has 0 spiro atoms. The van der Waals surface area contributed by atoms with Crippen LogP contribution in [0, 0.1) is 5.92 Å². The maximum absolute atomic E-state index is 3.70. The first kappa shape index (κ1) is 16.3. The summed E-state index contributed by atoms with van der Waals surface area (Å²) in [4.78, 5) is 5.21. The summed E-state index contributed by atoms with van der Waals surface area (Å²) in [5.74, 6) is 0.981. The molecule has 0 aromatic rings. The van der Waals surface area contributed by atoms with Crippen LogP contribution < -0.4 is 5.32 Å². The molecule has 0 aromatic carbocycles. The van der Waals surface area contributed by atoms with Gasteiger partial charge in [-0.05, 0) is 91.1 Å². The molecule has 2 fully saturated rings. The highest BCUT2D eigenvalue weighted by atomic mass is 15.2. The first-order valence-corrected chi connectivity index (χ1v) is 8.85. The predicted molar refractivity (Wildman–Crippen MR) is 87.2 cm³/mol. The molecule has 0 aromatic heterocycles. The van der Waals surface area contributed by atoms with Gasteiger partial charge in [-0.2, -0.15) is 0 Å². The van der Waals surface area contributed by atoms with Crippen molar-refractivity contribution in [2.24, 2.45) is 5.92 Å². The highest BCUT2D eigenvalue weighted by Gasteiger charge is 2.25. The Kier molecular flexibility index (Phi) is 6.79. The Hall–Kier alpha value is -0.120. The van der Waals surface area contributed by atoms with Crippen molar-refractivity contribution in [1.82, 2.24) is 15.1 Å². The van der Waals surface area contributed by atoms with Gasteiger partial charge in [0.25, 0.3) is 0 Å². The Bertz CT molecular complexity index is 261. The van der Waals surface area contributed by atoms with Gasteiger partial charge in [-0.3, -0.25) is 0 Å². The topological polar surface area (TPSA) is 18.5 Å². The van der Waals surface area contributed by atoms with Crippen LogP contribution >= 0.6 is 0 Å². The van der Waals surface area contributed by atoms with Gasteiger partial charge in [0, 0.05) is 12.1 Å². The number of likely N-dealkylation sites (tertiary alicyclic amines) is 2. The number of rotatable bonds is 6. The molecule has 2 saturated heterocycles. The predicted octanol–water partition coefficient (Wildman–Crippen LogP) is 2.57. The Morgan fingerprint density at radius 1 is 1.10 bits per heavy atom. The van der Waals surface area contributed by atoms with Crippen LogP contribution in [0.15, 0.2) is 0 Å². The van der Waals surface area contributed by atoms with Gasteiger partial charge in [-0.15, -0.1) is 0 Å². The lowest BCUT2D eigenvalue weighted by atomic mass is 9.92.